The van der Waals surface area contributed by atoms with E-state index in [1.165, 1.54) is 6.07 Å². The second-order valence-electron chi connectivity index (χ2n) is 7.30. The molecule has 0 aromatic heterocycles. The third-order valence-electron chi connectivity index (χ3n) is 5.26. The molecule has 1 heterocycles. The van der Waals surface area contributed by atoms with Gasteiger partial charge >= 0.3 is 0 Å². The normalized spacial score (nSPS) is 15.0. The van der Waals surface area contributed by atoms with Crippen LogP contribution in [0.15, 0.2) is 60.7 Å². The molecular formula is C24H21NO6. The number of Topliss-reactive ketones (excluding diaryl/α,β-unsaturated/α-hetero) is 1. The first kappa shape index (κ1) is 20.4. The molecule has 0 N–H and O–H groups in total. The number of ether oxygens (including phenoxy) is 3. The molecule has 3 aromatic carbocycles. The minimum atomic E-state index is -0.421. The number of benzene rings is 3. The Hall–Kier alpha value is -3.87. The molecular weight excluding hydrogens is 398 g/mol. The Morgan fingerprint density at radius 1 is 1.13 bits per heavy atom. The monoisotopic (exact) mass is 419 g/mol. The van der Waals surface area contributed by atoms with Crippen LogP contribution in [0.3, 0.4) is 0 Å². The molecule has 0 amide bonds. The molecule has 7 nitrogen and oxygen atoms in total. The Balaban J connectivity index is 1.55. The predicted octanol–water partition coefficient (Wildman–Crippen LogP) is 5.20. The second-order valence-corrected chi connectivity index (χ2v) is 7.30. The van der Waals surface area contributed by atoms with E-state index < -0.39 is 11.0 Å². The van der Waals surface area contributed by atoms with Crippen LogP contribution in [0.4, 0.5) is 5.69 Å². The highest BCUT2D eigenvalue weighted by Gasteiger charge is 2.27. The largest absolute Gasteiger partial charge is 0.496 e. The van der Waals surface area contributed by atoms with E-state index in [-0.39, 0.29) is 24.5 Å². The van der Waals surface area contributed by atoms with E-state index in [1.54, 1.807) is 38.3 Å². The van der Waals surface area contributed by atoms with Gasteiger partial charge < -0.3 is 14.2 Å². The number of hydrogen-bond donors (Lipinski definition) is 0. The second kappa shape index (κ2) is 8.47. The van der Waals surface area contributed by atoms with Crippen LogP contribution < -0.4 is 14.2 Å². The van der Waals surface area contributed by atoms with Gasteiger partial charge in [0.1, 0.15) is 30.0 Å². The zero-order valence-corrected chi connectivity index (χ0v) is 17.2. The molecule has 0 spiro atoms. The molecule has 0 radical (unpaired) electrons. The van der Waals surface area contributed by atoms with Gasteiger partial charge in [-0.1, -0.05) is 18.2 Å². The molecule has 7 heteroatoms. The summed E-state index contributed by atoms with van der Waals surface area (Å²) >= 11 is 0. The van der Waals surface area contributed by atoms with Crippen molar-refractivity contribution in [3.8, 4) is 17.2 Å². The molecule has 31 heavy (non-hydrogen) atoms. The Morgan fingerprint density at radius 2 is 1.94 bits per heavy atom. The zero-order chi connectivity index (χ0) is 22.0. The van der Waals surface area contributed by atoms with E-state index in [0.717, 1.165) is 11.1 Å². The van der Waals surface area contributed by atoms with Crippen molar-refractivity contribution in [2.45, 2.75) is 26.1 Å². The van der Waals surface area contributed by atoms with Gasteiger partial charge in [-0.3, -0.25) is 14.9 Å². The number of nitrogens with zero attached hydrogens (tertiary/aromatic N) is 1. The van der Waals surface area contributed by atoms with Gasteiger partial charge in [0, 0.05) is 17.2 Å². The lowest BCUT2D eigenvalue weighted by Crippen LogP contribution is -2.20. The zero-order valence-electron chi connectivity index (χ0n) is 17.2. The Kier molecular flexibility index (Phi) is 5.58. The number of ketones is 1. The van der Waals surface area contributed by atoms with Crippen molar-refractivity contribution in [1.29, 1.82) is 0 Å². The van der Waals surface area contributed by atoms with Crippen molar-refractivity contribution in [3.63, 3.8) is 0 Å². The quantitative estimate of drug-likeness (QED) is 0.403. The van der Waals surface area contributed by atoms with E-state index in [1.807, 2.05) is 30.3 Å². The van der Waals surface area contributed by atoms with Crippen LogP contribution in [-0.2, 0) is 6.61 Å². The number of para-hydroxylation sites is 1. The van der Waals surface area contributed by atoms with E-state index in [2.05, 4.69) is 0 Å². The van der Waals surface area contributed by atoms with E-state index in [4.69, 9.17) is 14.2 Å². The lowest BCUT2D eigenvalue weighted by molar-refractivity contribution is -0.385. The van der Waals surface area contributed by atoms with Crippen LogP contribution >= 0.6 is 0 Å². The van der Waals surface area contributed by atoms with Crippen LogP contribution in [-0.4, -0.2) is 17.8 Å². The average molecular weight is 419 g/mol. The average Bonchev–Trinajstić information content (AvgIpc) is 2.77. The highest BCUT2D eigenvalue weighted by atomic mass is 16.6. The molecule has 0 bridgehead atoms. The van der Waals surface area contributed by atoms with Crippen LogP contribution in [0.1, 0.15) is 39.6 Å². The van der Waals surface area contributed by atoms with Gasteiger partial charge in [-0.25, -0.2) is 0 Å². The molecule has 3 aromatic rings. The van der Waals surface area contributed by atoms with Gasteiger partial charge in [-0.05, 0) is 48.9 Å². The highest BCUT2D eigenvalue weighted by molar-refractivity contribution is 5.99. The van der Waals surface area contributed by atoms with Crippen molar-refractivity contribution >= 4 is 11.5 Å². The van der Waals surface area contributed by atoms with Crippen molar-refractivity contribution in [2.75, 3.05) is 7.11 Å². The summed E-state index contributed by atoms with van der Waals surface area (Å²) in [6.45, 7) is 1.87. The molecule has 0 fully saturated rings. The van der Waals surface area contributed by atoms with Crippen LogP contribution in [0.25, 0.3) is 0 Å². The Bertz CT molecular complexity index is 1160. The van der Waals surface area contributed by atoms with Gasteiger partial charge in [0.15, 0.2) is 5.78 Å². The van der Waals surface area contributed by atoms with Crippen LogP contribution in [0.5, 0.6) is 17.2 Å². The maximum absolute atomic E-state index is 12.5. The molecule has 4 rings (SSSR count). The SMILES string of the molecule is COc1ccc([C@@H]2CC(=O)c3ccccc3O2)cc1COc1ccc([N+](=O)[O-])c(C)c1. The number of carbonyl (C=O) groups is 1. The number of nitro groups is 1. The number of nitro benzene ring substituents is 1. The van der Waals surface area contributed by atoms with Gasteiger partial charge in [-0.2, -0.15) is 0 Å². The van der Waals surface area contributed by atoms with Crippen molar-refractivity contribution in [1.82, 2.24) is 0 Å². The Labute approximate surface area is 179 Å². The molecule has 0 aliphatic carbocycles. The molecule has 1 aliphatic rings. The third kappa shape index (κ3) is 4.21. The van der Waals surface area contributed by atoms with Crippen molar-refractivity contribution < 1.29 is 23.9 Å². The molecule has 158 valence electrons. The minimum Gasteiger partial charge on any atom is -0.496 e. The Morgan fingerprint density at radius 3 is 2.68 bits per heavy atom. The van der Waals surface area contributed by atoms with Crippen LogP contribution in [0.2, 0.25) is 0 Å². The smallest absolute Gasteiger partial charge is 0.272 e. The highest BCUT2D eigenvalue weighted by Crippen LogP contribution is 2.36. The topological polar surface area (TPSA) is 87.9 Å². The number of methoxy groups -OCH3 is 1. The fraction of sp³-hybridized carbons (Fsp3) is 0.208. The summed E-state index contributed by atoms with van der Waals surface area (Å²) < 4.78 is 17.4. The maximum atomic E-state index is 12.5. The number of hydrogen-bond acceptors (Lipinski definition) is 6. The lowest BCUT2D eigenvalue weighted by atomic mass is 9.95. The summed E-state index contributed by atoms with van der Waals surface area (Å²) in [5, 5.41) is 11.0. The fourth-order valence-corrected chi connectivity index (χ4v) is 3.65. The first-order chi connectivity index (χ1) is 15.0. The lowest BCUT2D eigenvalue weighted by Gasteiger charge is -2.26. The molecule has 0 saturated carbocycles. The van der Waals surface area contributed by atoms with Gasteiger partial charge in [0.2, 0.25) is 0 Å². The van der Waals surface area contributed by atoms with Crippen molar-refractivity contribution in [3.05, 3.63) is 93.0 Å². The number of carbonyl (C=O) groups excluding carboxylic acids is 1. The van der Waals surface area contributed by atoms with Gasteiger partial charge in [-0.15, -0.1) is 0 Å². The number of rotatable bonds is 6. The summed E-state index contributed by atoms with van der Waals surface area (Å²) in [4.78, 5) is 23.1. The molecule has 1 aliphatic heterocycles. The summed E-state index contributed by atoms with van der Waals surface area (Å²) in [7, 11) is 1.57. The summed E-state index contributed by atoms with van der Waals surface area (Å²) in [5.41, 5.74) is 2.81. The van der Waals surface area contributed by atoms with E-state index in [0.29, 0.717) is 28.4 Å². The number of aryl methyl sites for hydroxylation is 1. The molecule has 0 saturated heterocycles. The maximum Gasteiger partial charge on any atom is 0.272 e. The summed E-state index contributed by atoms with van der Waals surface area (Å²) in [5.74, 6) is 1.79. The summed E-state index contributed by atoms with van der Waals surface area (Å²) in [6, 6.07) is 17.5. The standard InChI is InChI=1S/C24H21NO6/c1-15-11-18(8-9-20(15)25(27)28)30-14-17-12-16(7-10-22(17)29-2)24-13-21(26)19-5-3-4-6-23(19)31-24/h3-12,24H,13-14H2,1-2H3/t24-/m0/s1. The minimum absolute atomic E-state index is 0.0434. The predicted molar refractivity (Wildman–Crippen MR) is 114 cm³/mol. The summed E-state index contributed by atoms with van der Waals surface area (Å²) in [6.07, 6.45) is -0.140. The first-order valence-electron chi connectivity index (χ1n) is 9.80. The molecule has 0 unspecified atom stereocenters. The van der Waals surface area contributed by atoms with E-state index >= 15 is 0 Å². The molecule has 1 atom stereocenters. The van der Waals surface area contributed by atoms with Gasteiger partial charge in [0.25, 0.3) is 5.69 Å². The first-order valence-corrected chi connectivity index (χ1v) is 9.80. The third-order valence-corrected chi connectivity index (χ3v) is 5.26. The van der Waals surface area contributed by atoms with Gasteiger partial charge in [0.05, 0.1) is 24.0 Å². The fourth-order valence-electron chi connectivity index (χ4n) is 3.65. The van der Waals surface area contributed by atoms with E-state index in [9.17, 15) is 14.9 Å². The van der Waals surface area contributed by atoms with Crippen molar-refractivity contribution in [2.24, 2.45) is 0 Å². The number of fused-ring (bicyclic) bond motifs is 1. The van der Waals surface area contributed by atoms with Crippen LogP contribution in [0, 0.1) is 17.0 Å².